The van der Waals surface area contributed by atoms with Crippen LogP contribution in [-0.2, 0) is 4.79 Å². The Labute approximate surface area is 209 Å². The lowest BCUT2D eigenvalue weighted by molar-refractivity contribution is -0.131. The first-order valence-electron chi connectivity index (χ1n) is 12.1. The molecule has 0 aliphatic carbocycles. The zero-order valence-corrected chi connectivity index (χ0v) is 20.3. The van der Waals surface area contributed by atoms with Gasteiger partial charge < -0.3 is 19.1 Å². The molecule has 0 saturated carbocycles. The molecule has 36 heavy (non-hydrogen) atoms. The topological polar surface area (TPSA) is 91.3 Å². The largest absolute Gasteiger partial charge is 0.467 e. The molecule has 1 aliphatic heterocycles. The Hall–Kier alpha value is -4.33. The normalized spacial score (nSPS) is 15.2. The SMILES string of the molecule is CCN(CC)C(=O)c1ccccc1NCC(=O)N1N=C(c2cc3ccccc3o2)CC1c1ccco1. The fourth-order valence-corrected chi connectivity index (χ4v) is 4.47. The van der Waals surface area contributed by atoms with Crippen molar-refractivity contribution in [1.29, 1.82) is 0 Å². The Kier molecular flexibility index (Phi) is 6.58. The molecule has 8 nitrogen and oxygen atoms in total. The minimum Gasteiger partial charge on any atom is -0.467 e. The van der Waals surface area contributed by atoms with Gasteiger partial charge in [-0.25, -0.2) is 5.01 Å². The molecule has 0 spiro atoms. The molecule has 4 aromatic rings. The number of nitrogens with one attached hydrogen (secondary N) is 1. The minimum absolute atomic E-state index is 0.0311. The monoisotopic (exact) mass is 484 g/mol. The Bertz CT molecular complexity index is 1370. The lowest BCUT2D eigenvalue weighted by Crippen LogP contribution is -2.33. The lowest BCUT2D eigenvalue weighted by atomic mass is 10.1. The third-order valence-electron chi connectivity index (χ3n) is 6.39. The van der Waals surface area contributed by atoms with Crippen molar-refractivity contribution in [2.45, 2.75) is 26.3 Å². The Morgan fingerprint density at radius 2 is 1.83 bits per heavy atom. The number of benzene rings is 2. The Morgan fingerprint density at radius 1 is 1.06 bits per heavy atom. The number of carbonyl (C=O) groups excluding carboxylic acids is 2. The molecule has 8 heteroatoms. The van der Waals surface area contributed by atoms with E-state index in [1.54, 1.807) is 29.4 Å². The van der Waals surface area contributed by atoms with Crippen LogP contribution in [0.2, 0.25) is 0 Å². The van der Waals surface area contributed by atoms with Crippen LogP contribution in [0.4, 0.5) is 5.69 Å². The Morgan fingerprint density at radius 3 is 2.58 bits per heavy atom. The zero-order chi connectivity index (χ0) is 25.1. The van der Waals surface area contributed by atoms with E-state index in [0.29, 0.717) is 48.0 Å². The van der Waals surface area contributed by atoms with E-state index in [9.17, 15) is 9.59 Å². The molecule has 1 atom stereocenters. The van der Waals surface area contributed by atoms with Crippen LogP contribution in [0.3, 0.4) is 0 Å². The smallest absolute Gasteiger partial charge is 0.262 e. The summed E-state index contributed by atoms with van der Waals surface area (Å²) in [6, 6.07) is 20.2. The molecular weight excluding hydrogens is 456 g/mol. The van der Waals surface area contributed by atoms with E-state index in [-0.39, 0.29) is 24.4 Å². The van der Waals surface area contributed by atoms with Gasteiger partial charge in [-0.05, 0) is 50.2 Å². The molecule has 184 valence electrons. The van der Waals surface area contributed by atoms with Crippen molar-refractivity contribution >= 4 is 34.2 Å². The summed E-state index contributed by atoms with van der Waals surface area (Å²) in [6.45, 7) is 5.08. The van der Waals surface area contributed by atoms with Crippen LogP contribution in [0.15, 0.2) is 86.9 Å². The second-order valence-corrected chi connectivity index (χ2v) is 8.55. The highest BCUT2D eigenvalue weighted by atomic mass is 16.3. The highest BCUT2D eigenvalue weighted by Crippen LogP contribution is 2.34. The fraction of sp³-hybridized carbons (Fsp3) is 0.250. The van der Waals surface area contributed by atoms with Gasteiger partial charge in [-0.3, -0.25) is 9.59 Å². The zero-order valence-electron chi connectivity index (χ0n) is 20.3. The first-order valence-corrected chi connectivity index (χ1v) is 12.1. The van der Waals surface area contributed by atoms with Gasteiger partial charge >= 0.3 is 0 Å². The number of fused-ring (bicyclic) bond motifs is 1. The van der Waals surface area contributed by atoms with Gasteiger partial charge in [0.05, 0.1) is 18.4 Å². The van der Waals surface area contributed by atoms with Crippen molar-refractivity contribution in [2.75, 3.05) is 25.0 Å². The molecule has 2 aromatic heterocycles. The maximum atomic E-state index is 13.4. The molecule has 1 N–H and O–H groups in total. The average Bonchev–Trinajstić information content (AvgIpc) is 3.67. The number of anilines is 1. The maximum absolute atomic E-state index is 13.4. The van der Waals surface area contributed by atoms with Crippen molar-refractivity contribution in [1.82, 2.24) is 9.91 Å². The molecule has 5 rings (SSSR count). The number of rotatable bonds is 8. The van der Waals surface area contributed by atoms with E-state index in [4.69, 9.17) is 8.83 Å². The molecule has 1 unspecified atom stereocenters. The number of carbonyl (C=O) groups is 2. The minimum atomic E-state index is -0.384. The molecule has 2 aromatic carbocycles. The van der Waals surface area contributed by atoms with Crippen LogP contribution in [0.1, 0.15) is 48.2 Å². The van der Waals surface area contributed by atoms with Crippen LogP contribution in [0.25, 0.3) is 11.0 Å². The standard InChI is InChI=1S/C28H28N4O4/c1-3-31(4-2)28(34)20-11-6-7-12-21(20)29-18-27(33)32-23(25-14-9-15-35-25)17-22(30-32)26-16-19-10-5-8-13-24(19)36-26/h5-16,23,29H,3-4,17-18H2,1-2H3. The van der Waals surface area contributed by atoms with Crippen LogP contribution in [0.5, 0.6) is 0 Å². The summed E-state index contributed by atoms with van der Waals surface area (Å²) in [5, 5.41) is 10.2. The van der Waals surface area contributed by atoms with Gasteiger partial charge in [-0.2, -0.15) is 5.10 Å². The highest BCUT2D eigenvalue weighted by molar-refractivity contribution is 6.04. The summed E-state index contributed by atoms with van der Waals surface area (Å²) in [5.41, 5.74) is 2.59. The number of hydrogen-bond donors (Lipinski definition) is 1. The highest BCUT2D eigenvalue weighted by Gasteiger charge is 2.36. The van der Waals surface area contributed by atoms with Crippen molar-refractivity contribution in [3.8, 4) is 0 Å². The van der Waals surface area contributed by atoms with Gasteiger partial charge in [0, 0.05) is 30.6 Å². The second-order valence-electron chi connectivity index (χ2n) is 8.55. The predicted molar refractivity (Wildman–Crippen MR) is 138 cm³/mol. The number of nitrogens with zero attached hydrogens (tertiary/aromatic N) is 3. The molecular formula is C28H28N4O4. The maximum Gasteiger partial charge on any atom is 0.262 e. The van der Waals surface area contributed by atoms with Crippen LogP contribution in [-0.4, -0.2) is 47.1 Å². The summed E-state index contributed by atoms with van der Waals surface area (Å²) in [5.74, 6) is 0.962. The Balaban J connectivity index is 1.38. The van der Waals surface area contributed by atoms with E-state index in [1.807, 2.05) is 62.4 Å². The van der Waals surface area contributed by atoms with Crippen LogP contribution >= 0.6 is 0 Å². The molecule has 3 heterocycles. The van der Waals surface area contributed by atoms with Crippen LogP contribution in [0, 0.1) is 0 Å². The van der Waals surface area contributed by atoms with Gasteiger partial charge in [0.15, 0.2) is 5.76 Å². The van der Waals surface area contributed by atoms with Gasteiger partial charge in [-0.1, -0.05) is 30.3 Å². The van der Waals surface area contributed by atoms with Gasteiger partial charge in [0.2, 0.25) is 0 Å². The number of amides is 2. The van der Waals surface area contributed by atoms with Crippen molar-refractivity contribution in [3.63, 3.8) is 0 Å². The second kappa shape index (κ2) is 10.1. The molecule has 1 aliphatic rings. The quantitative estimate of drug-likeness (QED) is 0.367. The predicted octanol–water partition coefficient (Wildman–Crippen LogP) is 5.30. The van der Waals surface area contributed by atoms with E-state index in [0.717, 1.165) is 11.0 Å². The van der Waals surface area contributed by atoms with Gasteiger partial charge in [0.1, 0.15) is 23.1 Å². The number of furan rings is 2. The van der Waals surface area contributed by atoms with Crippen molar-refractivity contribution in [3.05, 3.63) is 90.1 Å². The average molecular weight is 485 g/mol. The van der Waals surface area contributed by atoms with E-state index in [2.05, 4.69) is 10.4 Å². The van der Waals surface area contributed by atoms with Crippen molar-refractivity contribution < 1.29 is 18.4 Å². The summed E-state index contributed by atoms with van der Waals surface area (Å²) < 4.78 is 11.6. The molecule has 0 radical (unpaired) electrons. The molecule has 0 saturated heterocycles. The first kappa shape index (κ1) is 23.4. The van der Waals surface area contributed by atoms with Gasteiger partial charge in [-0.15, -0.1) is 0 Å². The third-order valence-corrected chi connectivity index (χ3v) is 6.39. The number of hydrogen-bond acceptors (Lipinski definition) is 6. The first-order chi connectivity index (χ1) is 17.6. The lowest BCUT2D eigenvalue weighted by Gasteiger charge is -2.22. The van der Waals surface area contributed by atoms with E-state index < -0.39 is 0 Å². The summed E-state index contributed by atoms with van der Waals surface area (Å²) in [4.78, 5) is 28.1. The van der Waals surface area contributed by atoms with E-state index in [1.165, 1.54) is 5.01 Å². The molecule has 0 fully saturated rings. The number of para-hydroxylation sites is 2. The fourth-order valence-electron chi connectivity index (χ4n) is 4.47. The third kappa shape index (κ3) is 4.49. The summed E-state index contributed by atoms with van der Waals surface area (Å²) in [6.07, 6.45) is 2.06. The van der Waals surface area contributed by atoms with Gasteiger partial charge in [0.25, 0.3) is 11.8 Å². The number of hydrazone groups is 1. The molecule has 0 bridgehead atoms. The van der Waals surface area contributed by atoms with Crippen LogP contribution < -0.4 is 5.32 Å². The summed E-state index contributed by atoms with van der Waals surface area (Å²) >= 11 is 0. The van der Waals surface area contributed by atoms with Crippen molar-refractivity contribution in [2.24, 2.45) is 5.10 Å². The summed E-state index contributed by atoms with van der Waals surface area (Å²) in [7, 11) is 0. The molecule has 2 amide bonds. The van der Waals surface area contributed by atoms with E-state index >= 15 is 0 Å².